The van der Waals surface area contributed by atoms with Crippen molar-refractivity contribution in [2.24, 2.45) is 0 Å². The first-order valence-electron chi connectivity index (χ1n) is 5.24. The van der Waals surface area contributed by atoms with Crippen LogP contribution in [0.2, 0.25) is 0 Å². The summed E-state index contributed by atoms with van der Waals surface area (Å²) in [5, 5.41) is 0. The summed E-state index contributed by atoms with van der Waals surface area (Å²) in [6.07, 6.45) is 7.37. The number of likely N-dealkylation sites (N-methyl/N-ethyl adjacent to an activating group) is 1. The van der Waals surface area contributed by atoms with Gasteiger partial charge in [0.1, 0.15) is 0 Å². The van der Waals surface area contributed by atoms with Crippen molar-refractivity contribution in [3.05, 3.63) is 12.8 Å². The van der Waals surface area contributed by atoms with Gasteiger partial charge in [0.15, 0.2) is 6.61 Å². The second kappa shape index (κ2) is 5.68. The van der Waals surface area contributed by atoms with Crippen molar-refractivity contribution < 1.29 is 9.53 Å². The summed E-state index contributed by atoms with van der Waals surface area (Å²) in [6.45, 7) is 3.53. The molecule has 0 unspecified atom stereocenters. The topological polar surface area (TPSA) is 29.5 Å². The Kier molecular flexibility index (Phi) is 4.50. The highest BCUT2D eigenvalue weighted by Gasteiger charge is 2.21. The van der Waals surface area contributed by atoms with Crippen LogP contribution in [0.5, 0.6) is 0 Å². The van der Waals surface area contributed by atoms with Crippen molar-refractivity contribution in [2.75, 3.05) is 13.7 Å². The predicted octanol–water partition coefficient (Wildman–Crippen LogP) is 1.94. The lowest BCUT2D eigenvalue weighted by molar-refractivity contribution is -0.135. The fraction of sp³-hybridized carbons (Fsp3) is 0.727. The second-order valence-corrected chi connectivity index (χ2v) is 3.77. The molecule has 1 amide bonds. The summed E-state index contributed by atoms with van der Waals surface area (Å²) in [5.41, 5.74) is 0. The van der Waals surface area contributed by atoms with Crippen LogP contribution < -0.4 is 0 Å². The van der Waals surface area contributed by atoms with Crippen LogP contribution in [-0.2, 0) is 9.53 Å². The number of amides is 1. The molecule has 1 aliphatic carbocycles. The molecule has 0 aliphatic heterocycles. The molecule has 0 heterocycles. The Morgan fingerprint density at radius 2 is 2.14 bits per heavy atom. The minimum atomic E-state index is 0.0526. The van der Waals surface area contributed by atoms with E-state index in [-0.39, 0.29) is 12.5 Å². The van der Waals surface area contributed by atoms with Gasteiger partial charge in [0.2, 0.25) is 0 Å². The summed E-state index contributed by atoms with van der Waals surface area (Å²) in [7, 11) is 1.87. The van der Waals surface area contributed by atoms with Gasteiger partial charge in [-0.05, 0) is 12.8 Å². The zero-order chi connectivity index (χ0) is 10.4. The van der Waals surface area contributed by atoms with Gasteiger partial charge in [-0.3, -0.25) is 4.79 Å². The Morgan fingerprint density at radius 1 is 1.50 bits per heavy atom. The van der Waals surface area contributed by atoms with E-state index in [0.29, 0.717) is 6.04 Å². The molecule has 0 aromatic carbocycles. The molecule has 0 spiro atoms. The molecule has 1 aliphatic rings. The maximum Gasteiger partial charge on any atom is 0.260 e. The molecule has 0 N–H and O–H groups in total. The lowest BCUT2D eigenvalue weighted by atomic mass is 9.94. The molecular formula is C11H19NO2. The minimum absolute atomic E-state index is 0.0526. The lowest BCUT2D eigenvalue weighted by Gasteiger charge is -2.30. The van der Waals surface area contributed by atoms with Gasteiger partial charge in [-0.1, -0.05) is 25.8 Å². The van der Waals surface area contributed by atoms with Gasteiger partial charge in [0, 0.05) is 13.1 Å². The summed E-state index contributed by atoms with van der Waals surface area (Å²) in [5.74, 6) is 0.0526. The Labute approximate surface area is 85.7 Å². The van der Waals surface area contributed by atoms with E-state index in [9.17, 15) is 4.79 Å². The van der Waals surface area contributed by atoms with Crippen LogP contribution >= 0.6 is 0 Å². The second-order valence-electron chi connectivity index (χ2n) is 3.77. The third kappa shape index (κ3) is 3.05. The summed E-state index contributed by atoms with van der Waals surface area (Å²) in [4.78, 5) is 13.4. The Balaban J connectivity index is 2.33. The molecule has 1 saturated carbocycles. The number of ether oxygens (including phenoxy) is 1. The normalized spacial score (nSPS) is 17.5. The summed E-state index contributed by atoms with van der Waals surface area (Å²) < 4.78 is 4.88. The molecule has 3 heteroatoms. The van der Waals surface area contributed by atoms with Gasteiger partial charge in [-0.15, -0.1) is 0 Å². The molecule has 0 aromatic heterocycles. The quantitative estimate of drug-likeness (QED) is 0.644. The van der Waals surface area contributed by atoms with E-state index in [1.54, 1.807) is 0 Å². The molecule has 1 fully saturated rings. The Hall–Kier alpha value is -0.990. The Bertz CT molecular complexity index is 197. The Morgan fingerprint density at radius 3 is 2.71 bits per heavy atom. The van der Waals surface area contributed by atoms with Crippen molar-refractivity contribution in [3.8, 4) is 0 Å². The van der Waals surface area contributed by atoms with Crippen LogP contribution in [0.1, 0.15) is 32.1 Å². The van der Waals surface area contributed by atoms with Gasteiger partial charge < -0.3 is 9.64 Å². The molecule has 0 aromatic rings. The van der Waals surface area contributed by atoms with Crippen LogP contribution in [0.15, 0.2) is 12.8 Å². The van der Waals surface area contributed by atoms with Crippen LogP contribution in [0.4, 0.5) is 0 Å². The van der Waals surface area contributed by atoms with Crippen LogP contribution in [0.3, 0.4) is 0 Å². The fourth-order valence-corrected chi connectivity index (χ4v) is 1.90. The number of hydrogen-bond acceptors (Lipinski definition) is 2. The van der Waals surface area contributed by atoms with Gasteiger partial charge in [0.25, 0.3) is 5.91 Å². The van der Waals surface area contributed by atoms with Crippen molar-refractivity contribution in [1.82, 2.24) is 4.90 Å². The molecule has 3 nitrogen and oxygen atoms in total. The van der Waals surface area contributed by atoms with Crippen LogP contribution in [0, 0.1) is 0 Å². The van der Waals surface area contributed by atoms with E-state index < -0.39 is 0 Å². The monoisotopic (exact) mass is 197 g/mol. The summed E-state index contributed by atoms with van der Waals surface area (Å²) in [6, 6.07) is 0.421. The summed E-state index contributed by atoms with van der Waals surface area (Å²) >= 11 is 0. The number of rotatable bonds is 4. The minimum Gasteiger partial charge on any atom is -0.492 e. The van der Waals surface area contributed by atoms with E-state index in [2.05, 4.69) is 6.58 Å². The third-order valence-corrected chi connectivity index (χ3v) is 2.84. The van der Waals surface area contributed by atoms with Gasteiger partial charge in [0.05, 0.1) is 6.26 Å². The average molecular weight is 197 g/mol. The largest absolute Gasteiger partial charge is 0.492 e. The van der Waals surface area contributed by atoms with Gasteiger partial charge in [-0.25, -0.2) is 0 Å². The molecule has 0 saturated heterocycles. The standard InChI is InChI=1S/C11H19NO2/c1-3-14-9-11(13)12(2)10-7-5-4-6-8-10/h3,10H,1,4-9H2,2H3. The molecule has 0 bridgehead atoms. The van der Waals surface area contributed by atoms with Crippen LogP contribution in [-0.4, -0.2) is 30.5 Å². The van der Waals surface area contributed by atoms with E-state index in [1.807, 2.05) is 11.9 Å². The predicted molar refractivity (Wildman–Crippen MR) is 55.8 cm³/mol. The first-order chi connectivity index (χ1) is 6.75. The van der Waals surface area contributed by atoms with Crippen molar-refractivity contribution in [1.29, 1.82) is 0 Å². The van der Waals surface area contributed by atoms with E-state index >= 15 is 0 Å². The smallest absolute Gasteiger partial charge is 0.260 e. The zero-order valence-electron chi connectivity index (χ0n) is 8.87. The molecule has 80 valence electrons. The van der Waals surface area contributed by atoms with Crippen molar-refractivity contribution in [2.45, 2.75) is 38.1 Å². The average Bonchev–Trinajstić information content (AvgIpc) is 2.26. The number of hydrogen-bond donors (Lipinski definition) is 0. The molecule has 14 heavy (non-hydrogen) atoms. The number of carbonyl (C=O) groups excluding carboxylic acids is 1. The fourth-order valence-electron chi connectivity index (χ4n) is 1.90. The highest BCUT2D eigenvalue weighted by Crippen LogP contribution is 2.21. The maximum atomic E-state index is 11.6. The van der Waals surface area contributed by atoms with E-state index in [1.165, 1.54) is 25.5 Å². The molecule has 1 rings (SSSR count). The highest BCUT2D eigenvalue weighted by molar-refractivity contribution is 5.77. The third-order valence-electron chi connectivity index (χ3n) is 2.84. The van der Waals surface area contributed by atoms with Crippen molar-refractivity contribution in [3.63, 3.8) is 0 Å². The molecule has 0 atom stereocenters. The van der Waals surface area contributed by atoms with Crippen molar-refractivity contribution >= 4 is 5.91 Å². The van der Waals surface area contributed by atoms with Gasteiger partial charge in [-0.2, -0.15) is 0 Å². The maximum absolute atomic E-state index is 11.6. The zero-order valence-corrected chi connectivity index (χ0v) is 8.87. The number of carbonyl (C=O) groups is 1. The SMILES string of the molecule is C=COCC(=O)N(C)C1CCCCC1. The molecular weight excluding hydrogens is 178 g/mol. The first kappa shape index (κ1) is 11.1. The highest BCUT2D eigenvalue weighted by atomic mass is 16.5. The van der Waals surface area contributed by atoms with E-state index in [4.69, 9.17) is 4.74 Å². The number of nitrogens with zero attached hydrogens (tertiary/aromatic N) is 1. The lowest BCUT2D eigenvalue weighted by Crippen LogP contribution is -2.40. The molecule has 0 radical (unpaired) electrons. The van der Waals surface area contributed by atoms with Gasteiger partial charge >= 0.3 is 0 Å². The van der Waals surface area contributed by atoms with Crippen LogP contribution in [0.25, 0.3) is 0 Å². The first-order valence-corrected chi connectivity index (χ1v) is 5.24. The van der Waals surface area contributed by atoms with E-state index in [0.717, 1.165) is 12.8 Å².